The third-order valence-electron chi connectivity index (χ3n) is 2.80. The second-order valence-corrected chi connectivity index (χ2v) is 4.31. The van der Waals surface area contributed by atoms with E-state index in [4.69, 9.17) is 9.47 Å². The van der Waals surface area contributed by atoms with Crippen LogP contribution in [0.25, 0.3) is 0 Å². The minimum absolute atomic E-state index is 0.0366. The van der Waals surface area contributed by atoms with E-state index in [2.05, 4.69) is 0 Å². The van der Waals surface area contributed by atoms with Crippen LogP contribution >= 0.6 is 0 Å². The van der Waals surface area contributed by atoms with E-state index in [1.165, 1.54) is 24.3 Å². The molecule has 2 aromatic rings. The van der Waals surface area contributed by atoms with Crippen LogP contribution in [-0.2, 0) is 9.47 Å². The minimum Gasteiger partial charge on any atom is -0.507 e. The predicted octanol–water partition coefficient (Wildman–Crippen LogP) is 2.11. The maximum atomic E-state index is 11.7. The molecule has 0 unspecified atom stereocenters. The maximum Gasteiger partial charge on any atom is 0.342 e. The molecule has 114 valence electrons. The average Bonchev–Trinajstić information content (AvgIpc) is 2.52. The van der Waals surface area contributed by atoms with Gasteiger partial charge in [-0.1, -0.05) is 24.3 Å². The van der Waals surface area contributed by atoms with E-state index in [1.54, 1.807) is 24.3 Å². The molecule has 0 saturated heterocycles. The van der Waals surface area contributed by atoms with Crippen LogP contribution in [0.3, 0.4) is 0 Å². The summed E-state index contributed by atoms with van der Waals surface area (Å²) in [6.45, 7) is -0.320. The highest BCUT2D eigenvalue weighted by Gasteiger charge is 2.13. The zero-order valence-corrected chi connectivity index (χ0v) is 11.6. The smallest absolute Gasteiger partial charge is 0.342 e. The molecule has 6 heteroatoms. The van der Waals surface area contributed by atoms with Crippen molar-refractivity contribution in [3.63, 3.8) is 0 Å². The number of phenolic OH excluding ortho intramolecular Hbond substituents is 2. The summed E-state index contributed by atoms with van der Waals surface area (Å²) in [5.41, 5.74) is 0.0732. The highest BCUT2D eigenvalue weighted by Crippen LogP contribution is 2.17. The van der Waals surface area contributed by atoms with E-state index in [0.717, 1.165) is 0 Å². The highest BCUT2D eigenvalue weighted by molar-refractivity contribution is 5.93. The summed E-state index contributed by atoms with van der Waals surface area (Å²) in [7, 11) is 0. The molecule has 0 heterocycles. The third kappa shape index (κ3) is 3.76. The number of benzene rings is 2. The molecule has 2 aromatic carbocycles. The fourth-order valence-electron chi connectivity index (χ4n) is 1.72. The maximum absolute atomic E-state index is 11.7. The Morgan fingerprint density at radius 3 is 1.45 bits per heavy atom. The Hall–Kier alpha value is -3.02. The summed E-state index contributed by atoms with van der Waals surface area (Å²) < 4.78 is 9.77. The predicted molar refractivity (Wildman–Crippen MR) is 76.8 cm³/mol. The van der Waals surface area contributed by atoms with Crippen molar-refractivity contribution in [2.24, 2.45) is 0 Å². The van der Waals surface area contributed by atoms with Gasteiger partial charge in [0.05, 0.1) is 0 Å². The molecule has 0 aromatic heterocycles. The van der Waals surface area contributed by atoms with Crippen molar-refractivity contribution in [3.05, 3.63) is 59.7 Å². The topological polar surface area (TPSA) is 93.1 Å². The van der Waals surface area contributed by atoms with Gasteiger partial charge in [0, 0.05) is 0 Å². The normalized spacial score (nSPS) is 10.0. The number of ether oxygens (including phenoxy) is 2. The van der Waals surface area contributed by atoms with Gasteiger partial charge in [0.2, 0.25) is 0 Å². The van der Waals surface area contributed by atoms with Crippen LogP contribution in [0.15, 0.2) is 48.5 Å². The number of para-hydroxylation sites is 2. The van der Waals surface area contributed by atoms with Crippen molar-refractivity contribution in [2.45, 2.75) is 0 Å². The monoisotopic (exact) mass is 302 g/mol. The Kier molecular flexibility index (Phi) is 4.98. The first-order valence-electron chi connectivity index (χ1n) is 6.50. The third-order valence-corrected chi connectivity index (χ3v) is 2.80. The second-order valence-electron chi connectivity index (χ2n) is 4.31. The summed E-state index contributed by atoms with van der Waals surface area (Å²) in [5.74, 6) is -1.79. The Labute approximate surface area is 126 Å². The molecule has 0 spiro atoms. The molecule has 0 radical (unpaired) electrons. The van der Waals surface area contributed by atoms with E-state index in [9.17, 15) is 19.8 Å². The molecular weight excluding hydrogens is 288 g/mol. The molecule has 0 aliphatic heterocycles. The number of carbonyl (C=O) groups is 2. The molecule has 0 aliphatic carbocycles. The van der Waals surface area contributed by atoms with E-state index in [1.807, 2.05) is 0 Å². The summed E-state index contributed by atoms with van der Waals surface area (Å²) >= 11 is 0. The summed E-state index contributed by atoms with van der Waals surface area (Å²) in [6.07, 6.45) is 0. The van der Waals surface area contributed by atoms with Gasteiger partial charge in [0.25, 0.3) is 0 Å². The molecule has 0 atom stereocenters. The Morgan fingerprint density at radius 1 is 0.727 bits per heavy atom. The first-order valence-corrected chi connectivity index (χ1v) is 6.50. The molecule has 0 bridgehead atoms. The summed E-state index contributed by atoms with van der Waals surface area (Å²) in [4.78, 5) is 23.3. The molecule has 6 nitrogen and oxygen atoms in total. The van der Waals surface area contributed by atoms with Gasteiger partial charge in [-0.3, -0.25) is 0 Å². The van der Waals surface area contributed by atoms with Crippen molar-refractivity contribution < 1.29 is 29.3 Å². The van der Waals surface area contributed by atoms with Crippen LogP contribution < -0.4 is 0 Å². The van der Waals surface area contributed by atoms with Crippen LogP contribution in [0, 0.1) is 0 Å². The van der Waals surface area contributed by atoms with Gasteiger partial charge in [-0.15, -0.1) is 0 Å². The zero-order valence-electron chi connectivity index (χ0n) is 11.6. The number of aromatic hydroxyl groups is 2. The molecule has 0 amide bonds. The lowest BCUT2D eigenvalue weighted by molar-refractivity contribution is 0.0262. The number of esters is 2. The van der Waals surface area contributed by atoms with Crippen molar-refractivity contribution in [2.75, 3.05) is 13.2 Å². The number of carbonyl (C=O) groups excluding carboxylic acids is 2. The zero-order chi connectivity index (χ0) is 15.9. The first kappa shape index (κ1) is 15.4. The molecule has 0 aliphatic rings. The van der Waals surface area contributed by atoms with Gasteiger partial charge in [-0.05, 0) is 24.3 Å². The highest BCUT2D eigenvalue weighted by atomic mass is 16.6. The van der Waals surface area contributed by atoms with Crippen LogP contribution in [0.1, 0.15) is 20.7 Å². The minimum atomic E-state index is -0.711. The molecule has 22 heavy (non-hydrogen) atoms. The molecular formula is C16H14O6. The second kappa shape index (κ2) is 7.12. The standard InChI is InChI=1S/C16H14O6/c17-13-7-3-1-5-11(13)15(19)21-9-10-22-16(20)12-6-2-4-8-14(12)18/h1-8,17-18H,9-10H2. The fraction of sp³-hybridized carbons (Fsp3) is 0.125. The molecule has 2 rings (SSSR count). The van der Waals surface area contributed by atoms with Crippen LogP contribution in [0.4, 0.5) is 0 Å². The fourth-order valence-corrected chi connectivity index (χ4v) is 1.72. The van der Waals surface area contributed by atoms with E-state index in [0.29, 0.717) is 0 Å². The lowest BCUT2D eigenvalue weighted by atomic mass is 10.2. The number of hydrogen-bond acceptors (Lipinski definition) is 6. The van der Waals surface area contributed by atoms with Crippen LogP contribution in [-0.4, -0.2) is 35.4 Å². The number of phenols is 2. The Bertz CT molecular complexity index is 620. The van der Waals surface area contributed by atoms with Gasteiger partial charge in [0.1, 0.15) is 35.8 Å². The van der Waals surface area contributed by atoms with Crippen LogP contribution in [0.5, 0.6) is 11.5 Å². The van der Waals surface area contributed by atoms with Crippen molar-refractivity contribution in [1.82, 2.24) is 0 Å². The Morgan fingerprint density at radius 2 is 1.09 bits per heavy atom. The van der Waals surface area contributed by atoms with Gasteiger partial charge < -0.3 is 19.7 Å². The molecule has 0 fully saturated rings. The van der Waals surface area contributed by atoms with Crippen LogP contribution in [0.2, 0.25) is 0 Å². The SMILES string of the molecule is O=C(OCCOC(=O)c1ccccc1O)c1ccccc1O. The Balaban J connectivity index is 1.80. The van der Waals surface area contributed by atoms with Gasteiger partial charge in [-0.25, -0.2) is 9.59 Å². The van der Waals surface area contributed by atoms with Crippen molar-refractivity contribution in [3.8, 4) is 11.5 Å². The quantitative estimate of drug-likeness (QED) is 0.649. The number of hydrogen-bond donors (Lipinski definition) is 2. The lowest BCUT2D eigenvalue weighted by Crippen LogP contribution is -2.14. The molecule has 2 N–H and O–H groups in total. The largest absolute Gasteiger partial charge is 0.507 e. The first-order chi connectivity index (χ1) is 10.6. The number of rotatable bonds is 5. The van der Waals surface area contributed by atoms with E-state index in [-0.39, 0.29) is 35.8 Å². The average molecular weight is 302 g/mol. The van der Waals surface area contributed by atoms with Gasteiger partial charge in [0.15, 0.2) is 0 Å². The van der Waals surface area contributed by atoms with Gasteiger partial charge in [-0.2, -0.15) is 0 Å². The van der Waals surface area contributed by atoms with Crippen molar-refractivity contribution in [1.29, 1.82) is 0 Å². The van der Waals surface area contributed by atoms with Crippen molar-refractivity contribution >= 4 is 11.9 Å². The van der Waals surface area contributed by atoms with E-state index >= 15 is 0 Å². The van der Waals surface area contributed by atoms with Gasteiger partial charge >= 0.3 is 11.9 Å². The summed E-state index contributed by atoms with van der Waals surface area (Å²) in [6, 6.07) is 11.9. The van der Waals surface area contributed by atoms with E-state index < -0.39 is 11.9 Å². The summed E-state index contributed by atoms with van der Waals surface area (Å²) in [5, 5.41) is 19.0. The molecule has 0 saturated carbocycles. The lowest BCUT2D eigenvalue weighted by Gasteiger charge is -2.08.